The highest BCUT2D eigenvalue weighted by Gasteiger charge is 2.36. The fourth-order valence-electron chi connectivity index (χ4n) is 5.30. The van der Waals surface area contributed by atoms with Crippen LogP contribution in [-0.2, 0) is 9.53 Å². The van der Waals surface area contributed by atoms with Gasteiger partial charge in [0.1, 0.15) is 0 Å². The highest BCUT2D eigenvalue weighted by Crippen LogP contribution is 2.37. The van der Waals surface area contributed by atoms with Gasteiger partial charge in [-0.1, -0.05) is 74.3 Å². The number of amides is 1. The summed E-state index contributed by atoms with van der Waals surface area (Å²) >= 11 is 7.10. The van der Waals surface area contributed by atoms with Crippen LogP contribution in [0.4, 0.5) is 0 Å². The lowest BCUT2D eigenvalue weighted by atomic mass is 9.91. The van der Waals surface area contributed by atoms with E-state index >= 15 is 0 Å². The number of H-pyrrole nitrogens is 1. The second kappa shape index (κ2) is 11.2. The van der Waals surface area contributed by atoms with E-state index < -0.39 is 0 Å². The average Bonchev–Trinajstić information content (AvgIpc) is 3.39. The Morgan fingerprint density at radius 2 is 1.67 bits per heavy atom. The molecule has 1 amide bonds. The third-order valence-electron chi connectivity index (χ3n) is 7.21. The Balaban J connectivity index is 1.49. The van der Waals surface area contributed by atoms with Crippen LogP contribution in [0.15, 0.2) is 91.6 Å². The number of fused-ring (bicyclic) bond motifs is 1. The number of hydrogen-bond acceptors (Lipinski definition) is 5. The molecule has 4 aromatic rings. The molecule has 0 radical (unpaired) electrons. The highest BCUT2D eigenvalue weighted by atomic mass is 79.9. The molecule has 0 unspecified atom stereocenters. The molecule has 0 spiro atoms. The number of ether oxygens (including phenoxy) is 1. The molecule has 198 valence electrons. The second-order valence-electron chi connectivity index (χ2n) is 9.71. The topological polar surface area (TPSA) is 78.0 Å². The Morgan fingerprint density at radius 1 is 0.949 bits per heavy atom. The minimum Gasteiger partial charge on any atom is -0.379 e. The normalized spacial score (nSPS) is 17.9. The van der Waals surface area contributed by atoms with E-state index in [1.54, 1.807) is 5.01 Å². The number of benzene rings is 3. The number of carbonyl (C=O) groups excluding carboxylic acids is 1. The van der Waals surface area contributed by atoms with E-state index in [-0.39, 0.29) is 24.1 Å². The molecule has 3 aromatic carbocycles. The van der Waals surface area contributed by atoms with E-state index in [0.29, 0.717) is 44.0 Å². The minimum absolute atomic E-state index is 0.0963. The van der Waals surface area contributed by atoms with Gasteiger partial charge in [-0.2, -0.15) is 5.10 Å². The summed E-state index contributed by atoms with van der Waals surface area (Å²) in [7, 11) is 0. The van der Waals surface area contributed by atoms with Crippen molar-refractivity contribution in [1.82, 2.24) is 14.9 Å². The number of pyridine rings is 1. The van der Waals surface area contributed by atoms with Crippen LogP contribution in [0.2, 0.25) is 0 Å². The van der Waals surface area contributed by atoms with Gasteiger partial charge in [-0.05, 0) is 41.5 Å². The Morgan fingerprint density at radius 3 is 2.41 bits per heavy atom. The predicted molar refractivity (Wildman–Crippen MR) is 160 cm³/mol. The van der Waals surface area contributed by atoms with Crippen LogP contribution in [0, 0.1) is 0 Å². The van der Waals surface area contributed by atoms with Crippen molar-refractivity contribution >= 4 is 54.4 Å². The fraction of sp³-hybridized carbons (Fsp3) is 0.233. The molecule has 0 aliphatic carbocycles. The van der Waals surface area contributed by atoms with Crippen molar-refractivity contribution in [2.75, 3.05) is 32.8 Å². The summed E-state index contributed by atoms with van der Waals surface area (Å²) in [4.78, 5) is 32.5. The van der Waals surface area contributed by atoms with Crippen molar-refractivity contribution in [3.63, 3.8) is 0 Å². The summed E-state index contributed by atoms with van der Waals surface area (Å²) < 4.78 is 7.32. The molecule has 1 aromatic heterocycles. The van der Waals surface area contributed by atoms with E-state index in [0.717, 1.165) is 36.5 Å². The van der Waals surface area contributed by atoms with Gasteiger partial charge in [0.15, 0.2) is 0 Å². The van der Waals surface area contributed by atoms with Gasteiger partial charge in [0.2, 0.25) is 0 Å². The van der Waals surface area contributed by atoms with Gasteiger partial charge in [-0.3, -0.25) is 14.5 Å². The quantitative estimate of drug-likeness (QED) is 0.300. The first-order valence-electron chi connectivity index (χ1n) is 12.8. The second-order valence-corrected chi connectivity index (χ2v) is 11.5. The van der Waals surface area contributed by atoms with Crippen LogP contribution in [0.25, 0.3) is 22.0 Å². The molecular weight excluding hydrogens is 624 g/mol. The molecule has 7 nitrogen and oxygen atoms in total. The van der Waals surface area contributed by atoms with Gasteiger partial charge in [0.05, 0.1) is 37.1 Å². The maximum Gasteiger partial charge on any atom is 0.258 e. The number of aromatic nitrogens is 1. The van der Waals surface area contributed by atoms with Crippen LogP contribution < -0.4 is 5.56 Å². The van der Waals surface area contributed by atoms with Gasteiger partial charge >= 0.3 is 0 Å². The molecule has 1 atom stereocenters. The van der Waals surface area contributed by atoms with Crippen LogP contribution in [-0.4, -0.2) is 59.4 Å². The monoisotopic (exact) mass is 648 g/mol. The third-order valence-corrected chi connectivity index (χ3v) is 8.23. The lowest BCUT2D eigenvalue weighted by Crippen LogP contribution is -2.43. The molecule has 0 bridgehead atoms. The molecule has 2 aliphatic heterocycles. The number of nitrogens with one attached hydrogen (secondary N) is 1. The molecule has 0 saturated carbocycles. The Hall–Kier alpha value is -3.11. The average molecular weight is 650 g/mol. The van der Waals surface area contributed by atoms with Crippen LogP contribution in [0.5, 0.6) is 0 Å². The Kier molecular flexibility index (Phi) is 7.49. The first kappa shape index (κ1) is 26.1. The summed E-state index contributed by atoms with van der Waals surface area (Å²) in [6.45, 7) is 2.88. The van der Waals surface area contributed by atoms with Crippen LogP contribution in [0.1, 0.15) is 23.6 Å². The van der Waals surface area contributed by atoms with Gasteiger partial charge in [0, 0.05) is 44.9 Å². The molecule has 1 N–H and O–H groups in total. The third kappa shape index (κ3) is 5.36. The van der Waals surface area contributed by atoms with Crippen LogP contribution >= 0.6 is 31.9 Å². The zero-order chi connectivity index (χ0) is 26.9. The number of morpholine rings is 1. The number of hydrogen-bond donors (Lipinski definition) is 1. The molecule has 1 saturated heterocycles. The number of carbonyl (C=O) groups is 1. The lowest BCUT2D eigenvalue weighted by Gasteiger charge is -2.29. The van der Waals surface area contributed by atoms with E-state index in [1.165, 1.54) is 0 Å². The number of halogens is 2. The summed E-state index contributed by atoms with van der Waals surface area (Å²) in [5.74, 6) is -0.0963. The Labute approximate surface area is 242 Å². The maximum atomic E-state index is 13.7. The zero-order valence-corrected chi connectivity index (χ0v) is 24.2. The largest absolute Gasteiger partial charge is 0.379 e. The van der Waals surface area contributed by atoms with E-state index in [4.69, 9.17) is 9.84 Å². The first-order valence-corrected chi connectivity index (χ1v) is 14.4. The zero-order valence-electron chi connectivity index (χ0n) is 21.1. The molecular formula is C30H26Br2N4O3. The summed E-state index contributed by atoms with van der Waals surface area (Å²) in [6.07, 6.45) is 0.429. The molecule has 39 heavy (non-hydrogen) atoms. The first-order chi connectivity index (χ1) is 19.0. The predicted octanol–water partition coefficient (Wildman–Crippen LogP) is 5.73. The summed E-state index contributed by atoms with van der Waals surface area (Å²) in [6, 6.07) is 23.3. The molecule has 3 heterocycles. The van der Waals surface area contributed by atoms with Crippen molar-refractivity contribution in [3.8, 4) is 11.1 Å². The number of aromatic amines is 1. The van der Waals surface area contributed by atoms with Crippen molar-refractivity contribution in [2.45, 2.75) is 12.5 Å². The van der Waals surface area contributed by atoms with Gasteiger partial charge in [-0.25, -0.2) is 5.01 Å². The lowest BCUT2D eigenvalue weighted by molar-refractivity contribution is -0.135. The molecule has 6 rings (SSSR count). The van der Waals surface area contributed by atoms with E-state index in [9.17, 15) is 9.59 Å². The standard InChI is InChI=1S/C30H26Br2N4O3/c31-21-8-6-19(7-9-21)26-17-25(34-36(26)27(37)18-35-12-14-39-15-13-35)29-28(20-4-2-1-3-5-20)23-16-22(32)10-11-24(23)33-30(29)38/h1-11,16,26H,12-15,17-18H2,(H,33,38)/t26-/m0/s1. The number of hydrazone groups is 1. The van der Waals surface area contributed by atoms with E-state index in [2.05, 4.69) is 41.7 Å². The van der Waals surface area contributed by atoms with Crippen molar-refractivity contribution in [1.29, 1.82) is 0 Å². The van der Waals surface area contributed by atoms with Crippen molar-refractivity contribution in [3.05, 3.63) is 103 Å². The number of nitrogens with zero attached hydrogens (tertiary/aromatic N) is 3. The SMILES string of the molecule is O=C(CN1CCOCC1)N1N=C(c2c(-c3ccccc3)c3cc(Br)ccc3[nH]c2=O)C[C@H]1c1ccc(Br)cc1. The summed E-state index contributed by atoms with van der Waals surface area (Å²) in [5, 5.41) is 7.36. The molecule has 9 heteroatoms. The fourth-order valence-corrected chi connectivity index (χ4v) is 5.93. The number of rotatable bonds is 5. The van der Waals surface area contributed by atoms with Crippen molar-refractivity contribution < 1.29 is 9.53 Å². The Bertz CT molecular complexity index is 1610. The van der Waals surface area contributed by atoms with Crippen LogP contribution in [0.3, 0.4) is 0 Å². The maximum absolute atomic E-state index is 13.7. The molecule has 1 fully saturated rings. The van der Waals surface area contributed by atoms with Gasteiger partial charge in [-0.15, -0.1) is 0 Å². The highest BCUT2D eigenvalue weighted by molar-refractivity contribution is 9.10. The molecule has 2 aliphatic rings. The summed E-state index contributed by atoms with van der Waals surface area (Å²) in [5.41, 5.74) is 4.31. The minimum atomic E-state index is -0.317. The van der Waals surface area contributed by atoms with Gasteiger partial charge < -0.3 is 9.72 Å². The van der Waals surface area contributed by atoms with E-state index in [1.807, 2.05) is 72.8 Å². The smallest absolute Gasteiger partial charge is 0.258 e. The van der Waals surface area contributed by atoms with Crippen molar-refractivity contribution in [2.24, 2.45) is 5.10 Å². The van der Waals surface area contributed by atoms with Gasteiger partial charge in [0.25, 0.3) is 11.5 Å².